The van der Waals surface area contributed by atoms with Crippen molar-refractivity contribution in [3.63, 3.8) is 0 Å². The number of fused-ring (bicyclic) bond motifs is 1. The fraction of sp³-hybridized carbons (Fsp3) is 0.174. The number of halogens is 3. The lowest BCUT2D eigenvalue weighted by Gasteiger charge is -2.09. The number of carbonyl (C=O) groups is 2. The highest BCUT2D eigenvalue weighted by Crippen LogP contribution is 2.26. The van der Waals surface area contributed by atoms with Crippen LogP contribution in [0.4, 0.5) is 18.9 Å². The van der Waals surface area contributed by atoms with Crippen LogP contribution in [0.25, 0.3) is 28.3 Å². The summed E-state index contributed by atoms with van der Waals surface area (Å²) >= 11 is 0. The van der Waals surface area contributed by atoms with Crippen LogP contribution < -0.4 is 10.6 Å². The molecule has 4 aromatic rings. The fourth-order valence-corrected chi connectivity index (χ4v) is 3.32. The van der Waals surface area contributed by atoms with Crippen LogP contribution in [-0.4, -0.2) is 44.4 Å². The van der Waals surface area contributed by atoms with Crippen molar-refractivity contribution in [2.24, 2.45) is 0 Å². The number of pyridine rings is 1. The van der Waals surface area contributed by atoms with Crippen LogP contribution in [0.1, 0.15) is 23.3 Å². The minimum atomic E-state index is -4.39. The maximum Gasteiger partial charge on any atom is 0.389 e. The Morgan fingerprint density at radius 3 is 2.65 bits per heavy atom. The van der Waals surface area contributed by atoms with E-state index in [2.05, 4.69) is 25.6 Å². The third-order valence-electron chi connectivity index (χ3n) is 4.96. The number of hydrogen-bond donors (Lipinski definition) is 2. The summed E-state index contributed by atoms with van der Waals surface area (Å²) in [6.45, 7) is 0. The first kappa shape index (κ1) is 22.9. The van der Waals surface area contributed by atoms with Crippen molar-refractivity contribution in [3.8, 4) is 22.6 Å². The van der Waals surface area contributed by atoms with Gasteiger partial charge in [-0.2, -0.15) is 13.2 Å². The Bertz CT molecular complexity index is 1370. The minimum Gasteiger partial charge on any atom is -0.354 e. The van der Waals surface area contributed by atoms with Crippen molar-refractivity contribution < 1.29 is 22.8 Å². The van der Waals surface area contributed by atoms with Gasteiger partial charge in [-0.3, -0.25) is 14.0 Å². The number of imidazole rings is 1. The molecule has 0 bridgehead atoms. The largest absolute Gasteiger partial charge is 0.389 e. The molecule has 0 atom stereocenters. The SMILES string of the molecule is CNC(=O)c1ccnc(-c2ccn3c(-c4cccc(NC(=O)CCC(F)(F)F)c4)cnc3c2)n1. The summed E-state index contributed by atoms with van der Waals surface area (Å²) in [4.78, 5) is 36.6. The summed E-state index contributed by atoms with van der Waals surface area (Å²) < 4.78 is 38.9. The first-order valence-electron chi connectivity index (χ1n) is 10.2. The second-order valence-corrected chi connectivity index (χ2v) is 7.38. The lowest BCUT2D eigenvalue weighted by Crippen LogP contribution is -2.19. The summed E-state index contributed by atoms with van der Waals surface area (Å²) in [5.74, 6) is -0.661. The average molecular weight is 468 g/mol. The Hall–Kier alpha value is -4.28. The van der Waals surface area contributed by atoms with Gasteiger partial charge in [-0.1, -0.05) is 12.1 Å². The second kappa shape index (κ2) is 9.30. The van der Waals surface area contributed by atoms with Gasteiger partial charge in [-0.15, -0.1) is 0 Å². The zero-order valence-electron chi connectivity index (χ0n) is 17.9. The summed E-state index contributed by atoms with van der Waals surface area (Å²) in [6.07, 6.45) is -1.28. The number of benzene rings is 1. The molecule has 4 rings (SSSR count). The zero-order valence-corrected chi connectivity index (χ0v) is 17.9. The highest BCUT2D eigenvalue weighted by atomic mass is 19.4. The van der Waals surface area contributed by atoms with Gasteiger partial charge in [0.2, 0.25) is 5.91 Å². The number of hydrogen-bond acceptors (Lipinski definition) is 5. The van der Waals surface area contributed by atoms with Crippen molar-refractivity contribution in [1.29, 1.82) is 0 Å². The number of nitrogens with zero attached hydrogens (tertiary/aromatic N) is 4. The van der Waals surface area contributed by atoms with Crippen LogP contribution in [0.15, 0.2) is 61.1 Å². The highest BCUT2D eigenvalue weighted by molar-refractivity contribution is 5.92. The molecular formula is C23H19F3N6O2. The molecule has 0 aliphatic rings. The smallest absolute Gasteiger partial charge is 0.354 e. The Morgan fingerprint density at radius 2 is 1.88 bits per heavy atom. The maximum atomic E-state index is 12.3. The number of carbonyl (C=O) groups excluding carboxylic acids is 2. The van der Waals surface area contributed by atoms with Crippen molar-refractivity contribution in [3.05, 3.63) is 66.7 Å². The number of nitrogens with one attached hydrogen (secondary N) is 2. The van der Waals surface area contributed by atoms with E-state index in [9.17, 15) is 22.8 Å². The number of amides is 2. The van der Waals surface area contributed by atoms with Gasteiger partial charge in [0, 0.05) is 42.7 Å². The molecule has 0 aliphatic carbocycles. The van der Waals surface area contributed by atoms with Crippen LogP contribution >= 0.6 is 0 Å². The first-order chi connectivity index (χ1) is 16.2. The van der Waals surface area contributed by atoms with E-state index in [-0.39, 0.29) is 11.6 Å². The first-order valence-corrected chi connectivity index (χ1v) is 10.2. The summed E-state index contributed by atoms with van der Waals surface area (Å²) in [5.41, 5.74) is 3.32. The zero-order chi connectivity index (χ0) is 24.3. The molecule has 8 nitrogen and oxygen atoms in total. The fourth-order valence-electron chi connectivity index (χ4n) is 3.32. The average Bonchev–Trinajstić information content (AvgIpc) is 3.25. The predicted molar refractivity (Wildman–Crippen MR) is 119 cm³/mol. The topological polar surface area (TPSA) is 101 Å². The molecule has 174 valence electrons. The van der Waals surface area contributed by atoms with E-state index < -0.39 is 24.9 Å². The predicted octanol–water partition coefficient (Wildman–Crippen LogP) is 4.10. The third-order valence-corrected chi connectivity index (χ3v) is 4.96. The molecular weight excluding hydrogens is 449 g/mol. The molecule has 0 unspecified atom stereocenters. The third kappa shape index (κ3) is 5.20. The molecule has 2 amide bonds. The van der Waals surface area contributed by atoms with Crippen LogP contribution in [0.5, 0.6) is 0 Å². The molecule has 34 heavy (non-hydrogen) atoms. The Balaban J connectivity index is 1.58. The molecule has 0 fully saturated rings. The normalized spacial score (nSPS) is 11.4. The molecule has 0 spiro atoms. The van der Waals surface area contributed by atoms with E-state index in [1.54, 1.807) is 48.8 Å². The Labute approximate surface area is 191 Å². The standard InChI is InChI=1S/C23H19F3N6O2/c1-27-22(34)17-6-9-28-21(31-17)15-7-10-32-18(13-29-19(32)12-15)14-3-2-4-16(11-14)30-20(33)5-8-23(24,25)26/h2-4,6-7,9-13H,5,8H2,1H3,(H,27,34)(H,30,33). The summed E-state index contributed by atoms with van der Waals surface area (Å²) in [6, 6.07) is 11.8. The molecule has 3 heterocycles. The number of aromatic nitrogens is 4. The maximum absolute atomic E-state index is 12.3. The van der Waals surface area contributed by atoms with Crippen LogP contribution in [0.2, 0.25) is 0 Å². The lowest BCUT2D eigenvalue weighted by molar-refractivity contribution is -0.142. The van der Waals surface area contributed by atoms with Crippen LogP contribution in [-0.2, 0) is 4.79 Å². The molecule has 0 aliphatic heterocycles. The molecule has 3 aromatic heterocycles. The highest BCUT2D eigenvalue weighted by Gasteiger charge is 2.27. The second-order valence-electron chi connectivity index (χ2n) is 7.38. The Kier molecular flexibility index (Phi) is 6.26. The minimum absolute atomic E-state index is 0.241. The van der Waals surface area contributed by atoms with Gasteiger partial charge < -0.3 is 10.6 Å². The van der Waals surface area contributed by atoms with Gasteiger partial charge in [0.1, 0.15) is 11.3 Å². The molecule has 1 aromatic carbocycles. The molecule has 0 saturated carbocycles. The molecule has 11 heteroatoms. The van der Waals surface area contributed by atoms with Gasteiger partial charge in [-0.05, 0) is 30.3 Å². The van der Waals surface area contributed by atoms with E-state index >= 15 is 0 Å². The van der Waals surface area contributed by atoms with E-state index in [4.69, 9.17) is 0 Å². The Morgan fingerprint density at radius 1 is 1.06 bits per heavy atom. The summed E-state index contributed by atoms with van der Waals surface area (Å²) in [7, 11) is 1.52. The molecule has 0 radical (unpaired) electrons. The number of alkyl halides is 3. The van der Waals surface area contributed by atoms with Crippen molar-refractivity contribution in [2.45, 2.75) is 19.0 Å². The van der Waals surface area contributed by atoms with Crippen molar-refractivity contribution in [1.82, 2.24) is 24.7 Å². The van der Waals surface area contributed by atoms with Crippen molar-refractivity contribution >= 4 is 23.1 Å². The van der Waals surface area contributed by atoms with Crippen molar-refractivity contribution in [2.75, 3.05) is 12.4 Å². The quantitative estimate of drug-likeness (QED) is 0.444. The van der Waals surface area contributed by atoms with Gasteiger partial charge in [-0.25, -0.2) is 15.0 Å². The monoisotopic (exact) mass is 468 g/mol. The van der Waals surface area contributed by atoms with Crippen LogP contribution in [0.3, 0.4) is 0 Å². The van der Waals surface area contributed by atoms with Crippen LogP contribution in [0, 0.1) is 0 Å². The van der Waals surface area contributed by atoms with Gasteiger partial charge in [0.25, 0.3) is 5.91 Å². The van der Waals surface area contributed by atoms with E-state index in [1.165, 1.54) is 19.3 Å². The van der Waals surface area contributed by atoms with E-state index in [0.717, 1.165) is 0 Å². The van der Waals surface area contributed by atoms with Gasteiger partial charge in [0.15, 0.2) is 5.82 Å². The van der Waals surface area contributed by atoms with Gasteiger partial charge in [0.05, 0.1) is 18.3 Å². The summed E-state index contributed by atoms with van der Waals surface area (Å²) in [5, 5.41) is 5.02. The molecule has 0 saturated heterocycles. The van der Waals surface area contributed by atoms with E-state index in [1.807, 2.05) is 4.40 Å². The van der Waals surface area contributed by atoms with Gasteiger partial charge >= 0.3 is 6.18 Å². The molecule has 2 N–H and O–H groups in total. The lowest BCUT2D eigenvalue weighted by atomic mass is 10.1. The van der Waals surface area contributed by atoms with E-state index in [0.29, 0.717) is 34.0 Å². The number of anilines is 1. The number of rotatable bonds is 6.